The Bertz CT molecular complexity index is 1980. The molecule has 0 N–H and O–H groups in total. The van der Waals surface area contributed by atoms with Gasteiger partial charge in [0, 0.05) is 0 Å². The van der Waals surface area contributed by atoms with Crippen molar-refractivity contribution in [1.82, 2.24) is 0 Å². The molecule has 7 rings (SSSR count). The molecule has 1 atom stereocenters. The predicted molar refractivity (Wildman–Crippen MR) is 174 cm³/mol. The van der Waals surface area contributed by atoms with E-state index in [4.69, 9.17) is 0 Å². The van der Waals surface area contributed by atoms with Crippen molar-refractivity contribution in [1.29, 1.82) is 0 Å². The molecule has 0 amide bonds. The van der Waals surface area contributed by atoms with Gasteiger partial charge in [0.25, 0.3) is 0 Å². The van der Waals surface area contributed by atoms with Crippen LogP contribution >= 0.6 is 0 Å². The van der Waals surface area contributed by atoms with E-state index in [9.17, 15) is 0 Å². The first-order chi connectivity index (χ1) is 20.5. The Morgan fingerprint density at radius 1 is 0.682 bits per heavy atom. The van der Waals surface area contributed by atoms with E-state index in [2.05, 4.69) is 137 Å². The second-order valence-electron chi connectivity index (χ2n) is 11.8. The number of rotatable bonds is 5. The summed E-state index contributed by atoms with van der Waals surface area (Å²) in [5, 5.41) is 2.86. The van der Waals surface area contributed by atoms with Crippen LogP contribution in [0.2, 0.25) is 0 Å². The van der Waals surface area contributed by atoms with Crippen molar-refractivity contribution in [2.24, 2.45) is 0 Å². The second kappa shape index (κ2) is 13.2. The molecule has 2 aliphatic rings. The van der Waals surface area contributed by atoms with Crippen molar-refractivity contribution >= 4 is 14.9 Å². The van der Waals surface area contributed by atoms with Gasteiger partial charge in [0.2, 0.25) is 0 Å². The molecule has 0 saturated carbocycles. The fourth-order valence-corrected chi connectivity index (χ4v) is 8.43. The van der Waals surface area contributed by atoms with Crippen LogP contribution in [0.3, 0.4) is 0 Å². The van der Waals surface area contributed by atoms with E-state index < -0.39 is 0 Å². The van der Waals surface area contributed by atoms with Gasteiger partial charge in [0.05, 0.1) is 0 Å². The standard InChI is InChI=1S/C41H35.2ClH.Zr/c1-5-28-18-20-34-32(23-28)24-37-36(34)25-38(40(29-13-9-7-10-14-29)30-15-11-8-12-16-30)33(6-2)41(37)39-27(4)22-31-21-26(3)17-19-35(31)39;;;/h7-23,25,39H,5-6H2,1-4H3;2*1H;/q;;;+2/p-2. The largest absolute Gasteiger partial charge is 1.00 e. The fraction of sp³-hybridized carbons (Fsp3) is 0.171. The molecule has 3 heteroatoms. The number of allylic oxidation sites excluding steroid dienone is 1. The molecule has 0 heterocycles. The zero-order valence-corrected chi connectivity index (χ0v) is 29.6. The Morgan fingerprint density at radius 3 is 1.95 bits per heavy atom. The van der Waals surface area contributed by atoms with Gasteiger partial charge in [-0.15, -0.1) is 0 Å². The first kappa shape index (κ1) is 32.4. The van der Waals surface area contributed by atoms with Crippen molar-refractivity contribution in [2.45, 2.75) is 46.5 Å². The van der Waals surface area contributed by atoms with Gasteiger partial charge in [-0.2, -0.15) is 0 Å². The van der Waals surface area contributed by atoms with Crippen molar-refractivity contribution in [3.8, 4) is 11.1 Å². The molecule has 0 bridgehead atoms. The molecular formula is C41H35Cl2Zr. The van der Waals surface area contributed by atoms with Crippen LogP contribution in [0.25, 0.3) is 26.1 Å². The number of hydrogen-bond acceptors (Lipinski definition) is 0. The molecule has 0 fully saturated rings. The summed E-state index contributed by atoms with van der Waals surface area (Å²) >= 11 is 1.48. The van der Waals surface area contributed by atoms with Crippen molar-refractivity contribution < 1.29 is 49.5 Å². The van der Waals surface area contributed by atoms with Gasteiger partial charge >= 0.3 is 266 Å². The summed E-state index contributed by atoms with van der Waals surface area (Å²) in [5.74, 6) is 0.257. The Kier molecular flexibility index (Phi) is 9.72. The van der Waals surface area contributed by atoms with Gasteiger partial charge < -0.3 is 24.8 Å². The number of hydrogen-bond donors (Lipinski definition) is 0. The third-order valence-electron chi connectivity index (χ3n) is 9.21. The molecule has 5 aromatic rings. The Balaban J connectivity index is 0.00000192. The average molecular weight is 690 g/mol. The summed E-state index contributed by atoms with van der Waals surface area (Å²) in [6, 6.07) is 38.8. The first-order valence-electron chi connectivity index (χ1n) is 15.2. The van der Waals surface area contributed by atoms with Gasteiger partial charge in [0.15, 0.2) is 0 Å². The van der Waals surface area contributed by atoms with Crippen LogP contribution in [-0.2, 0) is 37.6 Å². The zero-order valence-electron chi connectivity index (χ0n) is 25.6. The Hall–Kier alpha value is -2.96. The van der Waals surface area contributed by atoms with Crippen molar-refractivity contribution in [2.75, 3.05) is 0 Å². The molecule has 217 valence electrons. The van der Waals surface area contributed by atoms with Crippen molar-refractivity contribution in [3.05, 3.63) is 169 Å². The van der Waals surface area contributed by atoms with Crippen LogP contribution < -0.4 is 35.3 Å². The van der Waals surface area contributed by atoms with E-state index in [1.54, 1.807) is 0 Å². The van der Waals surface area contributed by atoms with Crippen LogP contribution in [0.15, 0.2) is 109 Å². The predicted octanol–water partition coefficient (Wildman–Crippen LogP) is 2.61. The average Bonchev–Trinajstić information content (AvgIpc) is 3.49. The summed E-state index contributed by atoms with van der Waals surface area (Å²) in [6.07, 6.45) is 4.47. The van der Waals surface area contributed by atoms with E-state index in [-0.39, 0.29) is 30.7 Å². The minimum absolute atomic E-state index is 0. The fourth-order valence-electron chi connectivity index (χ4n) is 7.26. The van der Waals surface area contributed by atoms with Crippen LogP contribution in [0.4, 0.5) is 0 Å². The summed E-state index contributed by atoms with van der Waals surface area (Å²) in [7, 11) is 0. The van der Waals surface area contributed by atoms with Gasteiger partial charge in [0.1, 0.15) is 0 Å². The molecule has 44 heavy (non-hydrogen) atoms. The van der Waals surface area contributed by atoms with E-state index >= 15 is 0 Å². The molecule has 0 spiro atoms. The Morgan fingerprint density at radius 2 is 1.34 bits per heavy atom. The molecule has 0 radical (unpaired) electrons. The quantitative estimate of drug-likeness (QED) is 0.267. The first-order valence-corrected chi connectivity index (χ1v) is 16.4. The minimum atomic E-state index is 0. The maximum absolute atomic E-state index is 2.54. The van der Waals surface area contributed by atoms with Crippen LogP contribution in [0.1, 0.15) is 76.8 Å². The SMILES string of the molecule is CCc1ccc2c(c1)[C]([Zr+2])=c1c-2cc(=C(c2ccccc2)c2ccccc2)c(CC)c1C1C(C)=Cc2cc(C)ccc21.[Cl-].[Cl-]. The summed E-state index contributed by atoms with van der Waals surface area (Å²) < 4.78 is 1.51. The van der Waals surface area contributed by atoms with Crippen LogP contribution in [-0.4, -0.2) is 0 Å². The van der Waals surface area contributed by atoms with E-state index in [0.717, 1.165) is 12.8 Å². The molecule has 1 unspecified atom stereocenters. The smallest absolute Gasteiger partial charge is 1.00 e. The van der Waals surface area contributed by atoms with Gasteiger partial charge in [-0.25, -0.2) is 0 Å². The topological polar surface area (TPSA) is 0 Å². The zero-order chi connectivity index (χ0) is 29.0. The maximum atomic E-state index is 2.54. The van der Waals surface area contributed by atoms with Gasteiger partial charge in [-0.1, -0.05) is 0 Å². The minimum Gasteiger partial charge on any atom is -1.00 e. The van der Waals surface area contributed by atoms with E-state index in [1.165, 1.54) is 111 Å². The summed E-state index contributed by atoms with van der Waals surface area (Å²) in [4.78, 5) is 0. The molecule has 0 saturated heterocycles. The Labute approximate surface area is 289 Å². The molecule has 5 aromatic carbocycles. The number of fused-ring (bicyclic) bond motifs is 4. The second-order valence-corrected chi connectivity index (χ2v) is 13.0. The summed E-state index contributed by atoms with van der Waals surface area (Å²) in [6.45, 7) is 9.17. The number of halogens is 2. The maximum Gasteiger partial charge on any atom is -1.00 e. The molecule has 2 aliphatic carbocycles. The van der Waals surface area contributed by atoms with Gasteiger partial charge in [-0.3, -0.25) is 0 Å². The third-order valence-corrected chi connectivity index (χ3v) is 10.5. The number of aryl methyl sites for hydroxylation is 2. The normalized spacial score (nSPS) is 14.2. The monoisotopic (exact) mass is 687 g/mol. The van der Waals surface area contributed by atoms with Crippen LogP contribution in [0.5, 0.6) is 0 Å². The third kappa shape index (κ3) is 5.32. The summed E-state index contributed by atoms with van der Waals surface area (Å²) in [5.41, 5.74) is 18.1. The molecule has 0 aromatic heterocycles. The molecule has 0 aliphatic heterocycles. The van der Waals surface area contributed by atoms with Gasteiger partial charge in [-0.05, 0) is 0 Å². The van der Waals surface area contributed by atoms with E-state index in [1.807, 2.05) is 0 Å². The van der Waals surface area contributed by atoms with Crippen LogP contribution in [0, 0.1) is 6.92 Å². The molecular weight excluding hydrogens is 655 g/mol. The number of benzene rings is 5. The van der Waals surface area contributed by atoms with Crippen molar-refractivity contribution in [3.63, 3.8) is 0 Å². The molecule has 0 nitrogen and oxygen atoms in total. The van der Waals surface area contributed by atoms with E-state index in [0.29, 0.717) is 0 Å².